The minimum Gasteiger partial charge on any atom is -0.422 e. The molecule has 0 saturated heterocycles. The van der Waals surface area contributed by atoms with Gasteiger partial charge in [-0.05, 0) is 59.3 Å². The molecule has 0 saturated carbocycles. The van der Waals surface area contributed by atoms with E-state index in [-0.39, 0.29) is 11.8 Å². The molecule has 2 N–H and O–H groups in total. The molecule has 26 heavy (non-hydrogen) atoms. The summed E-state index contributed by atoms with van der Waals surface area (Å²) in [5, 5.41) is 14.4. The van der Waals surface area contributed by atoms with Crippen molar-refractivity contribution in [1.82, 2.24) is 9.78 Å². The van der Waals surface area contributed by atoms with Gasteiger partial charge in [0.15, 0.2) is 0 Å². The highest BCUT2D eigenvalue weighted by Gasteiger charge is 2.36. The average Bonchev–Trinajstić information content (AvgIpc) is 2.97. The van der Waals surface area contributed by atoms with Gasteiger partial charge < -0.3 is 10.5 Å². The fourth-order valence-electron chi connectivity index (χ4n) is 3.28. The SMILES string of the molecule is Cc1nn(-c2ccccc2)c2c1C(c1cccc(I)c1)C(C#N)=C(N)O2. The lowest BCUT2D eigenvalue weighted by atomic mass is 9.84. The molecule has 1 aromatic heterocycles. The van der Waals surface area contributed by atoms with Crippen LogP contribution in [0.2, 0.25) is 0 Å². The maximum atomic E-state index is 9.71. The molecule has 0 radical (unpaired) electrons. The Labute approximate surface area is 164 Å². The number of hydrogen-bond donors (Lipinski definition) is 1. The van der Waals surface area contributed by atoms with Crippen LogP contribution in [0.15, 0.2) is 66.1 Å². The number of benzene rings is 2. The molecule has 1 aliphatic heterocycles. The number of para-hydroxylation sites is 1. The molecule has 1 atom stereocenters. The first kappa shape index (κ1) is 16.7. The predicted octanol–water partition coefficient (Wildman–Crippen LogP) is 4.00. The van der Waals surface area contributed by atoms with Crippen molar-refractivity contribution in [3.05, 3.63) is 86.4 Å². The number of aryl methyl sites for hydroxylation is 1. The van der Waals surface area contributed by atoms with Crippen molar-refractivity contribution in [2.24, 2.45) is 5.73 Å². The second kappa shape index (κ2) is 6.50. The Morgan fingerprint density at radius 3 is 2.65 bits per heavy atom. The molecule has 0 spiro atoms. The number of halogens is 1. The van der Waals surface area contributed by atoms with Crippen molar-refractivity contribution < 1.29 is 4.74 Å². The van der Waals surface area contributed by atoms with E-state index >= 15 is 0 Å². The zero-order valence-corrected chi connectivity index (χ0v) is 16.1. The summed E-state index contributed by atoms with van der Waals surface area (Å²) in [6.07, 6.45) is 0. The van der Waals surface area contributed by atoms with Gasteiger partial charge in [-0.15, -0.1) is 0 Å². The van der Waals surface area contributed by atoms with Gasteiger partial charge in [-0.1, -0.05) is 30.3 Å². The molecule has 5 nitrogen and oxygen atoms in total. The van der Waals surface area contributed by atoms with E-state index in [0.717, 1.165) is 26.1 Å². The molecule has 0 amide bonds. The van der Waals surface area contributed by atoms with Crippen molar-refractivity contribution in [3.8, 4) is 17.6 Å². The molecule has 0 bridgehead atoms. The average molecular weight is 454 g/mol. The van der Waals surface area contributed by atoms with Crippen LogP contribution in [0.3, 0.4) is 0 Å². The first-order valence-corrected chi connectivity index (χ1v) is 9.16. The molecular formula is C20H15IN4O. The van der Waals surface area contributed by atoms with Gasteiger partial charge in [-0.2, -0.15) is 10.4 Å². The van der Waals surface area contributed by atoms with Gasteiger partial charge >= 0.3 is 0 Å². The highest BCUT2D eigenvalue weighted by atomic mass is 127. The van der Waals surface area contributed by atoms with Crippen LogP contribution in [0.25, 0.3) is 5.69 Å². The lowest BCUT2D eigenvalue weighted by Gasteiger charge is -2.25. The lowest BCUT2D eigenvalue weighted by Crippen LogP contribution is -2.22. The molecule has 3 aromatic rings. The monoisotopic (exact) mass is 454 g/mol. The summed E-state index contributed by atoms with van der Waals surface area (Å²) in [4.78, 5) is 0. The topological polar surface area (TPSA) is 76.9 Å². The minimum atomic E-state index is -0.295. The summed E-state index contributed by atoms with van der Waals surface area (Å²) in [5.41, 5.74) is 10.1. The Hall–Kier alpha value is -2.79. The molecular weight excluding hydrogens is 439 g/mol. The Balaban J connectivity index is 1.97. The second-order valence-electron chi connectivity index (χ2n) is 6.03. The zero-order chi connectivity index (χ0) is 18.3. The van der Waals surface area contributed by atoms with Gasteiger partial charge in [0.25, 0.3) is 0 Å². The second-order valence-corrected chi connectivity index (χ2v) is 7.28. The van der Waals surface area contributed by atoms with Crippen LogP contribution in [-0.2, 0) is 0 Å². The Kier molecular flexibility index (Phi) is 4.17. The maximum Gasteiger partial charge on any atom is 0.229 e. The lowest BCUT2D eigenvalue weighted by molar-refractivity contribution is 0.367. The highest BCUT2D eigenvalue weighted by molar-refractivity contribution is 14.1. The molecule has 1 aliphatic rings. The quantitative estimate of drug-likeness (QED) is 0.594. The largest absolute Gasteiger partial charge is 0.422 e. The van der Waals surface area contributed by atoms with Crippen molar-refractivity contribution in [2.45, 2.75) is 12.8 Å². The third-order valence-electron chi connectivity index (χ3n) is 4.42. The van der Waals surface area contributed by atoms with Crippen LogP contribution in [0.4, 0.5) is 0 Å². The van der Waals surface area contributed by atoms with Crippen LogP contribution in [0, 0.1) is 21.8 Å². The Morgan fingerprint density at radius 1 is 1.19 bits per heavy atom. The zero-order valence-electron chi connectivity index (χ0n) is 14.0. The van der Waals surface area contributed by atoms with E-state index in [2.05, 4.69) is 39.8 Å². The van der Waals surface area contributed by atoms with Crippen molar-refractivity contribution in [2.75, 3.05) is 0 Å². The fraction of sp³-hybridized carbons (Fsp3) is 0.100. The minimum absolute atomic E-state index is 0.126. The standard InChI is InChI=1S/C20H15IN4O/c1-12-17-18(13-6-5-7-14(21)10-13)16(11-22)19(23)26-20(17)25(24-12)15-8-3-2-4-9-15/h2-10,18H,23H2,1H3. The van der Waals surface area contributed by atoms with Crippen LogP contribution in [0.1, 0.15) is 22.7 Å². The summed E-state index contributed by atoms with van der Waals surface area (Å²) in [6, 6.07) is 20.0. The van der Waals surface area contributed by atoms with E-state index in [4.69, 9.17) is 10.5 Å². The summed E-state index contributed by atoms with van der Waals surface area (Å²) < 4.78 is 8.69. The number of fused-ring (bicyclic) bond motifs is 1. The number of aromatic nitrogens is 2. The third-order valence-corrected chi connectivity index (χ3v) is 5.09. The van der Waals surface area contributed by atoms with Crippen LogP contribution < -0.4 is 10.5 Å². The summed E-state index contributed by atoms with van der Waals surface area (Å²) >= 11 is 2.27. The van der Waals surface area contributed by atoms with Crippen LogP contribution in [0.5, 0.6) is 5.88 Å². The molecule has 0 fully saturated rings. The van der Waals surface area contributed by atoms with E-state index in [1.54, 1.807) is 4.68 Å². The highest BCUT2D eigenvalue weighted by Crippen LogP contribution is 2.44. The maximum absolute atomic E-state index is 9.71. The van der Waals surface area contributed by atoms with E-state index < -0.39 is 0 Å². The van der Waals surface area contributed by atoms with Gasteiger partial charge in [0.2, 0.25) is 11.8 Å². The molecule has 2 aromatic carbocycles. The van der Waals surface area contributed by atoms with E-state index in [1.165, 1.54) is 0 Å². The Morgan fingerprint density at radius 2 is 1.96 bits per heavy atom. The molecule has 0 aliphatic carbocycles. The number of nitriles is 1. The van der Waals surface area contributed by atoms with Crippen molar-refractivity contribution in [1.29, 1.82) is 5.26 Å². The number of nitrogens with two attached hydrogens (primary N) is 1. The van der Waals surface area contributed by atoms with Gasteiger partial charge in [0, 0.05) is 3.57 Å². The first-order valence-electron chi connectivity index (χ1n) is 8.08. The smallest absolute Gasteiger partial charge is 0.229 e. The summed E-state index contributed by atoms with van der Waals surface area (Å²) in [6.45, 7) is 1.93. The predicted molar refractivity (Wildman–Crippen MR) is 107 cm³/mol. The Bertz CT molecular complexity index is 1060. The number of hydrogen-bond acceptors (Lipinski definition) is 4. The number of ether oxygens (including phenoxy) is 1. The van der Waals surface area contributed by atoms with Gasteiger partial charge in [0.05, 0.1) is 22.9 Å². The van der Waals surface area contributed by atoms with E-state index in [1.807, 2.05) is 55.5 Å². The summed E-state index contributed by atoms with van der Waals surface area (Å²) in [5.74, 6) is 0.394. The number of rotatable bonds is 2. The van der Waals surface area contributed by atoms with Gasteiger partial charge in [-0.3, -0.25) is 0 Å². The van der Waals surface area contributed by atoms with E-state index in [9.17, 15) is 5.26 Å². The fourth-order valence-corrected chi connectivity index (χ4v) is 3.84. The number of nitrogens with zero attached hydrogens (tertiary/aromatic N) is 3. The molecule has 128 valence electrons. The van der Waals surface area contributed by atoms with Gasteiger partial charge in [0.1, 0.15) is 11.6 Å². The van der Waals surface area contributed by atoms with Crippen LogP contribution in [-0.4, -0.2) is 9.78 Å². The first-order chi connectivity index (χ1) is 12.6. The molecule has 6 heteroatoms. The van der Waals surface area contributed by atoms with Crippen molar-refractivity contribution >= 4 is 22.6 Å². The van der Waals surface area contributed by atoms with E-state index in [0.29, 0.717) is 11.5 Å². The van der Waals surface area contributed by atoms with Crippen molar-refractivity contribution in [3.63, 3.8) is 0 Å². The normalized spacial score (nSPS) is 16.0. The molecule has 4 rings (SSSR count). The molecule has 1 unspecified atom stereocenters. The van der Waals surface area contributed by atoms with Crippen LogP contribution >= 0.6 is 22.6 Å². The molecule has 2 heterocycles. The summed E-state index contributed by atoms with van der Waals surface area (Å²) in [7, 11) is 0. The third kappa shape index (κ3) is 2.65. The van der Waals surface area contributed by atoms with Gasteiger partial charge in [-0.25, -0.2) is 4.68 Å². The number of allylic oxidation sites excluding steroid dienone is 1.